The second-order valence-corrected chi connectivity index (χ2v) is 15.3. The van der Waals surface area contributed by atoms with Gasteiger partial charge in [0.2, 0.25) is 5.91 Å². The SMILES string of the molecule is CC(C)(C)OC(=O)CN1CCN(CC(=O)Nc2ccc(C(=O)O)cc2)CCN(CC(=O)OC(C)(C)C)CCN(CC(=O)OC(C)(C)C)CC1. The number of hydrogen-bond acceptors (Lipinski definition) is 12. The fourth-order valence-corrected chi connectivity index (χ4v) is 4.98. The van der Waals surface area contributed by atoms with E-state index in [0.717, 1.165) is 0 Å². The number of carboxylic acid groups (broad SMARTS) is 1. The third kappa shape index (κ3) is 18.7. The number of rotatable bonds is 10. The minimum atomic E-state index is -1.06. The molecule has 2 N–H and O–H groups in total. The maximum Gasteiger partial charge on any atom is 0.335 e. The zero-order valence-electron chi connectivity index (χ0n) is 30.8. The largest absolute Gasteiger partial charge is 0.478 e. The second kappa shape index (κ2) is 18.4. The fraction of sp³-hybridized carbons (Fsp3) is 0.686. The number of carbonyl (C=O) groups is 5. The monoisotopic (exact) mass is 691 g/mol. The standard InChI is InChI=1S/C35H57N5O9/c1-33(2,3)47-29(42)23-38-16-14-37(22-28(41)36-27-12-10-26(11-13-27)32(45)46)15-17-39(24-30(43)48-34(4,5)6)19-21-40(20-18-38)25-31(44)49-35(7,8)9/h10-13H,14-25H2,1-9H3,(H,36,41)(H,45,46). The van der Waals surface area contributed by atoms with Crippen LogP contribution >= 0.6 is 0 Å². The van der Waals surface area contributed by atoms with E-state index in [2.05, 4.69) is 5.32 Å². The van der Waals surface area contributed by atoms with Crippen molar-refractivity contribution in [2.45, 2.75) is 79.1 Å². The maximum atomic E-state index is 13.2. The highest BCUT2D eigenvalue weighted by Gasteiger charge is 2.26. The van der Waals surface area contributed by atoms with Crippen molar-refractivity contribution in [1.82, 2.24) is 19.6 Å². The van der Waals surface area contributed by atoms with Gasteiger partial charge in [0.25, 0.3) is 0 Å². The quantitative estimate of drug-likeness (QED) is 0.273. The molecule has 1 saturated heterocycles. The molecule has 1 aromatic carbocycles. The summed E-state index contributed by atoms with van der Waals surface area (Å²) in [7, 11) is 0. The Morgan fingerprint density at radius 2 is 0.837 bits per heavy atom. The molecule has 14 heteroatoms. The number of ether oxygens (including phenoxy) is 3. The molecule has 0 aliphatic carbocycles. The molecule has 14 nitrogen and oxygen atoms in total. The Labute approximate surface area is 291 Å². The third-order valence-corrected chi connectivity index (χ3v) is 7.03. The minimum absolute atomic E-state index is 0.0198. The van der Waals surface area contributed by atoms with Crippen LogP contribution in [-0.2, 0) is 33.4 Å². The average molecular weight is 692 g/mol. The maximum absolute atomic E-state index is 13.2. The molecule has 0 atom stereocenters. The minimum Gasteiger partial charge on any atom is -0.478 e. The van der Waals surface area contributed by atoms with Crippen molar-refractivity contribution in [2.75, 3.05) is 83.9 Å². The van der Waals surface area contributed by atoms with Gasteiger partial charge in [0.1, 0.15) is 16.8 Å². The molecule has 0 unspecified atom stereocenters. The molecule has 0 saturated carbocycles. The first-order valence-electron chi connectivity index (χ1n) is 16.7. The highest BCUT2D eigenvalue weighted by Crippen LogP contribution is 2.13. The lowest BCUT2D eigenvalue weighted by Gasteiger charge is -2.34. The van der Waals surface area contributed by atoms with Gasteiger partial charge in [-0.1, -0.05) is 0 Å². The topological polar surface area (TPSA) is 158 Å². The van der Waals surface area contributed by atoms with Gasteiger partial charge in [-0.25, -0.2) is 4.79 Å². The summed E-state index contributed by atoms with van der Waals surface area (Å²) < 4.78 is 16.8. The number of amides is 1. The fourth-order valence-electron chi connectivity index (χ4n) is 4.98. The molecule has 49 heavy (non-hydrogen) atoms. The summed E-state index contributed by atoms with van der Waals surface area (Å²) in [4.78, 5) is 70.8. The van der Waals surface area contributed by atoms with E-state index < -0.39 is 22.8 Å². The van der Waals surface area contributed by atoms with Gasteiger partial charge in [-0.2, -0.15) is 0 Å². The predicted octanol–water partition coefficient (Wildman–Crippen LogP) is 2.57. The van der Waals surface area contributed by atoms with Gasteiger partial charge in [-0.05, 0) is 86.6 Å². The number of carboxylic acids is 1. The average Bonchev–Trinajstić information content (AvgIpc) is 2.91. The Balaban J connectivity index is 2.29. The van der Waals surface area contributed by atoms with E-state index in [9.17, 15) is 29.1 Å². The van der Waals surface area contributed by atoms with Crippen LogP contribution in [0.3, 0.4) is 0 Å². The van der Waals surface area contributed by atoms with E-state index in [1.165, 1.54) is 24.3 Å². The lowest BCUT2D eigenvalue weighted by atomic mass is 10.2. The molecule has 1 aliphatic rings. The van der Waals surface area contributed by atoms with Gasteiger partial charge in [0, 0.05) is 58.0 Å². The highest BCUT2D eigenvalue weighted by molar-refractivity contribution is 5.93. The number of nitrogens with zero attached hydrogens (tertiary/aromatic N) is 4. The van der Waals surface area contributed by atoms with E-state index >= 15 is 0 Å². The van der Waals surface area contributed by atoms with Crippen molar-refractivity contribution in [3.8, 4) is 0 Å². The molecule has 1 amide bonds. The Morgan fingerprint density at radius 1 is 0.551 bits per heavy atom. The van der Waals surface area contributed by atoms with Gasteiger partial charge in [-0.3, -0.25) is 38.8 Å². The lowest BCUT2D eigenvalue weighted by molar-refractivity contribution is -0.158. The van der Waals surface area contributed by atoms with Gasteiger partial charge in [0.05, 0.1) is 31.7 Å². The molecule has 0 spiro atoms. The zero-order chi connectivity index (χ0) is 37.0. The Hall–Kier alpha value is -3.59. The summed E-state index contributed by atoms with van der Waals surface area (Å²) >= 11 is 0. The highest BCUT2D eigenvalue weighted by atomic mass is 16.6. The molecule has 1 fully saturated rings. The van der Waals surface area contributed by atoms with Gasteiger partial charge in [-0.15, -0.1) is 0 Å². The summed E-state index contributed by atoms with van der Waals surface area (Å²) in [5, 5.41) is 12.0. The number of benzene rings is 1. The summed E-state index contributed by atoms with van der Waals surface area (Å²) in [5.74, 6) is -2.48. The number of esters is 3. The summed E-state index contributed by atoms with van der Waals surface area (Å²) in [6.07, 6.45) is 0. The van der Waals surface area contributed by atoms with Gasteiger partial charge >= 0.3 is 23.9 Å². The summed E-state index contributed by atoms with van der Waals surface area (Å²) in [5.41, 5.74) is -1.38. The Kier molecular flexibility index (Phi) is 15.6. The van der Waals surface area contributed by atoms with Crippen LogP contribution in [0.1, 0.15) is 72.7 Å². The van der Waals surface area contributed by atoms with Crippen LogP contribution in [0.25, 0.3) is 0 Å². The summed E-state index contributed by atoms with van der Waals surface area (Å²) in [6.45, 7) is 19.8. The van der Waals surface area contributed by atoms with Crippen LogP contribution in [0.5, 0.6) is 0 Å². The molecule has 0 radical (unpaired) electrons. The molecule has 1 aliphatic heterocycles. The summed E-state index contributed by atoms with van der Waals surface area (Å²) in [6, 6.07) is 5.91. The van der Waals surface area contributed by atoms with Crippen molar-refractivity contribution in [3.05, 3.63) is 29.8 Å². The van der Waals surface area contributed by atoms with E-state index in [1.54, 1.807) is 0 Å². The Bertz CT molecular complexity index is 1220. The van der Waals surface area contributed by atoms with Crippen molar-refractivity contribution in [3.63, 3.8) is 0 Å². The van der Waals surface area contributed by atoms with Crippen LogP contribution in [0.2, 0.25) is 0 Å². The van der Waals surface area contributed by atoms with Crippen LogP contribution in [0.15, 0.2) is 24.3 Å². The number of aromatic carboxylic acids is 1. The molecule has 2 rings (SSSR count). The number of hydrogen-bond donors (Lipinski definition) is 2. The number of nitrogens with one attached hydrogen (secondary N) is 1. The predicted molar refractivity (Wildman–Crippen MR) is 185 cm³/mol. The van der Waals surface area contributed by atoms with E-state index in [4.69, 9.17) is 14.2 Å². The molecular weight excluding hydrogens is 634 g/mol. The number of carbonyl (C=O) groups excluding carboxylic acids is 4. The van der Waals surface area contributed by atoms with Gasteiger partial charge in [0.15, 0.2) is 0 Å². The first-order chi connectivity index (χ1) is 22.6. The van der Waals surface area contributed by atoms with E-state index in [1.807, 2.05) is 81.9 Å². The molecule has 0 aromatic heterocycles. The van der Waals surface area contributed by atoms with Gasteiger partial charge < -0.3 is 24.6 Å². The molecule has 1 aromatic rings. The second-order valence-electron chi connectivity index (χ2n) is 15.3. The lowest BCUT2D eigenvalue weighted by Crippen LogP contribution is -2.50. The third-order valence-electron chi connectivity index (χ3n) is 7.03. The van der Waals surface area contributed by atoms with E-state index in [0.29, 0.717) is 58.0 Å². The molecule has 0 bridgehead atoms. The zero-order valence-corrected chi connectivity index (χ0v) is 30.8. The van der Waals surface area contributed by atoms with Crippen LogP contribution in [-0.4, -0.2) is 150 Å². The van der Waals surface area contributed by atoms with Crippen molar-refractivity contribution < 1.29 is 43.3 Å². The van der Waals surface area contributed by atoms with Crippen molar-refractivity contribution in [1.29, 1.82) is 0 Å². The Morgan fingerprint density at radius 3 is 1.10 bits per heavy atom. The van der Waals surface area contributed by atoms with Crippen LogP contribution < -0.4 is 5.32 Å². The number of anilines is 1. The normalized spacial score (nSPS) is 16.9. The molecular formula is C35H57N5O9. The van der Waals surface area contributed by atoms with Crippen LogP contribution in [0.4, 0.5) is 5.69 Å². The first-order valence-corrected chi connectivity index (χ1v) is 16.7. The van der Waals surface area contributed by atoms with E-state index in [-0.39, 0.29) is 55.6 Å². The van der Waals surface area contributed by atoms with Crippen molar-refractivity contribution in [2.24, 2.45) is 0 Å². The van der Waals surface area contributed by atoms with Crippen molar-refractivity contribution >= 4 is 35.5 Å². The smallest absolute Gasteiger partial charge is 0.335 e. The van der Waals surface area contributed by atoms with Crippen LogP contribution in [0, 0.1) is 0 Å². The first kappa shape index (κ1) is 41.6. The molecule has 1 heterocycles. The molecule has 276 valence electrons.